The van der Waals surface area contributed by atoms with Gasteiger partial charge in [0.25, 0.3) is 0 Å². The highest BCUT2D eigenvalue weighted by atomic mass is 16.3. The van der Waals surface area contributed by atoms with Crippen LogP contribution in [0.4, 0.5) is 0 Å². The number of hydrogen-bond acceptors (Lipinski definition) is 5. The van der Waals surface area contributed by atoms with Crippen molar-refractivity contribution >= 4 is 11.6 Å². The maximum atomic E-state index is 12.1. The van der Waals surface area contributed by atoms with Gasteiger partial charge in [-0.25, -0.2) is 9.67 Å². The van der Waals surface area contributed by atoms with Crippen molar-refractivity contribution in [3.63, 3.8) is 0 Å². The Bertz CT molecular complexity index is 559. The molecule has 0 unspecified atom stereocenters. The summed E-state index contributed by atoms with van der Waals surface area (Å²) in [5.41, 5.74) is 0. The van der Waals surface area contributed by atoms with Crippen molar-refractivity contribution in [3.8, 4) is 0 Å². The molecule has 1 aliphatic rings. The molecule has 0 radical (unpaired) electrons. The van der Waals surface area contributed by atoms with Gasteiger partial charge in [0.15, 0.2) is 5.78 Å². The summed E-state index contributed by atoms with van der Waals surface area (Å²) in [6, 6.07) is 3.02. The first-order chi connectivity index (χ1) is 8.75. The van der Waals surface area contributed by atoms with Crippen molar-refractivity contribution in [1.29, 1.82) is 0 Å². The Morgan fingerprint density at radius 1 is 1.39 bits per heavy atom. The lowest BCUT2D eigenvalue weighted by Crippen LogP contribution is -2.34. The van der Waals surface area contributed by atoms with Gasteiger partial charge in [0.05, 0.1) is 18.6 Å². The molecule has 0 saturated heterocycles. The molecular weight excluding hydrogens is 234 g/mol. The van der Waals surface area contributed by atoms with E-state index in [9.17, 15) is 9.59 Å². The monoisotopic (exact) mass is 245 g/mol. The van der Waals surface area contributed by atoms with Crippen molar-refractivity contribution in [2.24, 2.45) is 0 Å². The van der Waals surface area contributed by atoms with E-state index in [0.717, 1.165) is 0 Å². The van der Waals surface area contributed by atoms with E-state index in [0.29, 0.717) is 12.2 Å². The topological polar surface area (TPSA) is 78.0 Å². The SMILES string of the molecule is O=C1CC(=O)[C@H](n2cncn2)[C@@H](c2ccco2)C1. The molecule has 1 fully saturated rings. The molecule has 0 amide bonds. The Morgan fingerprint density at radius 3 is 2.94 bits per heavy atom. The summed E-state index contributed by atoms with van der Waals surface area (Å²) in [6.07, 6.45) is 4.67. The van der Waals surface area contributed by atoms with Gasteiger partial charge in [-0.2, -0.15) is 5.10 Å². The number of ketones is 2. The summed E-state index contributed by atoms with van der Waals surface area (Å²) in [5, 5.41) is 4.01. The van der Waals surface area contributed by atoms with E-state index in [1.807, 2.05) is 0 Å². The molecule has 1 aliphatic carbocycles. The van der Waals surface area contributed by atoms with Crippen LogP contribution in [0.5, 0.6) is 0 Å². The smallest absolute Gasteiger partial charge is 0.165 e. The number of carbonyl (C=O) groups is 2. The molecule has 6 nitrogen and oxygen atoms in total. The highest BCUT2D eigenvalue weighted by Crippen LogP contribution is 2.37. The Morgan fingerprint density at radius 2 is 2.28 bits per heavy atom. The number of aromatic nitrogens is 3. The second kappa shape index (κ2) is 4.21. The minimum absolute atomic E-state index is 0.0399. The van der Waals surface area contributed by atoms with Crippen LogP contribution in [-0.2, 0) is 9.59 Å². The van der Waals surface area contributed by atoms with E-state index < -0.39 is 6.04 Å². The first-order valence-electron chi connectivity index (χ1n) is 5.67. The van der Waals surface area contributed by atoms with Gasteiger partial charge in [-0.3, -0.25) is 9.59 Å². The maximum Gasteiger partial charge on any atom is 0.165 e. The first kappa shape index (κ1) is 10.9. The number of Topliss-reactive ketones (excluding diaryl/α,β-unsaturated/α-hetero) is 2. The molecule has 3 rings (SSSR count). The predicted molar refractivity (Wildman–Crippen MR) is 59.8 cm³/mol. The molecule has 2 heterocycles. The molecule has 0 aliphatic heterocycles. The van der Waals surface area contributed by atoms with Crippen molar-refractivity contribution in [3.05, 3.63) is 36.8 Å². The summed E-state index contributed by atoms with van der Waals surface area (Å²) < 4.78 is 6.83. The van der Waals surface area contributed by atoms with Crippen molar-refractivity contribution in [2.75, 3.05) is 0 Å². The number of hydrogen-bond donors (Lipinski definition) is 0. The fraction of sp³-hybridized carbons (Fsp3) is 0.333. The zero-order valence-electron chi connectivity index (χ0n) is 9.52. The highest BCUT2D eigenvalue weighted by molar-refractivity contribution is 6.04. The molecule has 2 atom stereocenters. The lowest BCUT2D eigenvalue weighted by atomic mass is 9.81. The Kier molecular flexibility index (Phi) is 2.55. The largest absolute Gasteiger partial charge is 0.469 e. The van der Waals surface area contributed by atoms with Gasteiger partial charge in [-0.05, 0) is 12.1 Å². The normalized spacial score (nSPS) is 24.4. The third kappa shape index (κ3) is 1.75. The lowest BCUT2D eigenvalue weighted by Gasteiger charge is -2.27. The Labute approximate surface area is 103 Å². The van der Waals surface area contributed by atoms with Gasteiger partial charge in [0, 0.05) is 6.42 Å². The van der Waals surface area contributed by atoms with Crippen LogP contribution in [0.2, 0.25) is 0 Å². The van der Waals surface area contributed by atoms with Crippen LogP contribution < -0.4 is 0 Å². The minimum Gasteiger partial charge on any atom is -0.469 e. The molecule has 0 bridgehead atoms. The van der Waals surface area contributed by atoms with Crippen LogP contribution in [0, 0.1) is 0 Å². The van der Waals surface area contributed by atoms with Crippen molar-refractivity contribution in [1.82, 2.24) is 14.8 Å². The fourth-order valence-electron chi connectivity index (χ4n) is 2.40. The van der Waals surface area contributed by atoms with Gasteiger partial charge in [-0.15, -0.1) is 0 Å². The summed E-state index contributed by atoms with van der Waals surface area (Å²) in [4.78, 5) is 27.5. The van der Waals surface area contributed by atoms with Crippen LogP contribution in [0.3, 0.4) is 0 Å². The van der Waals surface area contributed by atoms with E-state index in [-0.39, 0.29) is 23.9 Å². The van der Waals surface area contributed by atoms with E-state index in [2.05, 4.69) is 10.1 Å². The quantitative estimate of drug-likeness (QED) is 0.741. The Hall–Kier alpha value is -2.24. The van der Waals surface area contributed by atoms with Gasteiger partial charge in [0.1, 0.15) is 30.2 Å². The van der Waals surface area contributed by atoms with Crippen LogP contribution in [0.15, 0.2) is 35.5 Å². The minimum atomic E-state index is -0.503. The lowest BCUT2D eigenvalue weighted by molar-refractivity contribution is -0.133. The summed E-state index contributed by atoms with van der Waals surface area (Å²) >= 11 is 0. The zero-order valence-corrected chi connectivity index (χ0v) is 9.52. The van der Waals surface area contributed by atoms with Gasteiger partial charge >= 0.3 is 0 Å². The molecule has 0 spiro atoms. The molecule has 6 heteroatoms. The first-order valence-corrected chi connectivity index (χ1v) is 5.67. The highest BCUT2D eigenvalue weighted by Gasteiger charge is 2.40. The van der Waals surface area contributed by atoms with Crippen LogP contribution in [-0.4, -0.2) is 26.3 Å². The van der Waals surface area contributed by atoms with E-state index >= 15 is 0 Å². The second-order valence-electron chi connectivity index (χ2n) is 4.33. The average molecular weight is 245 g/mol. The standard InChI is InChI=1S/C12H11N3O3/c16-8-4-9(11-2-1-3-18-11)12(10(17)5-8)15-7-13-6-14-15/h1-3,6-7,9,12H,4-5H2/t9-,12-/m1/s1. The van der Waals surface area contributed by atoms with Gasteiger partial charge in [-0.1, -0.05) is 0 Å². The zero-order chi connectivity index (χ0) is 12.5. The Balaban J connectivity index is 2.01. The van der Waals surface area contributed by atoms with Crippen LogP contribution in [0.1, 0.15) is 30.6 Å². The van der Waals surface area contributed by atoms with Crippen LogP contribution in [0.25, 0.3) is 0 Å². The fourth-order valence-corrected chi connectivity index (χ4v) is 2.40. The van der Waals surface area contributed by atoms with Crippen molar-refractivity contribution in [2.45, 2.75) is 24.8 Å². The summed E-state index contributed by atoms with van der Waals surface area (Å²) in [7, 11) is 0. The molecule has 2 aromatic heterocycles. The molecule has 2 aromatic rings. The van der Waals surface area contributed by atoms with E-state index in [4.69, 9.17) is 4.42 Å². The average Bonchev–Trinajstić information content (AvgIpc) is 3.01. The third-order valence-electron chi connectivity index (χ3n) is 3.16. The number of furan rings is 1. The summed E-state index contributed by atoms with van der Waals surface area (Å²) in [6.45, 7) is 0. The van der Waals surface area contributed by atoms with E-state index in [1.165, 1.54) is 23.6 Å². The number of nitrogens with zero attached hydrogens (tertiary/aromatic N) is 3. The van der Waals surface area contributed by atoms with Gasteiger partial charge < -0.3 is 4.42 Å². The molecule has 1 saturated carbocycles. The molecule has 0 aromatic carbocycles. The molecule has 0 N–H and O–H groups in total. The molecule has 92 valence electrons. The number of carbonyl (C=O) groups excluding carboxylic acids is 2. The molecule has 18 heavy (non-hydrogen) atoms. The van der Waals surface area contributed by atoms with E-state index in [1.54, 1.807) is 12.1 Å². The van der Waals surface area contributed by atoms with Gasteiger partial charge in [0.2, 0.25) is 0 Å². The molecular formula is C12H11N3O3. The summed E-state index contributed by atoms with van der Waals surface area (Å²) in [5.74, 6) is 0.142. The third-order valence-corrected chi connectivity index (χ3v) is 3.16. The predicted octanol–water partition coefficient (Wildman–Crippen LogP) is 1.13. The number of rotatable bonds is 2. The maximum absolute atomic E-state index is 12.1. The van der Waals surface area contributed by atoms with Crippen LogP contribution >= 0.6 is 0 Å². The van der Waals surface area contributed by atoms with Crippen molar-refractivity contribution < 1.29 is 14.0 Å². The second-order valence-corrected chi connectivity index (χ2v) is 4.33.